The highest BCUT2D eigenvalue weighted by molar-refractivity contribution is 5.94. The van der Waals surface area contributed by atoms with Crippen molar-refractivity contribution in [3.63, 3.8) is 0 Å². The molecule has 1 aromatic carbocycles. The van der Waals surface area contributed by atoms with Gasteiger partial charge in [0.2, 0.25) is 0 Å². The molecule has 2 saturated carbocycles. The minimum atomic E-state index is 0.0599. The first-order valence-electron chi connectivity index (χ1n) is 9.47. The molecular formula is C21H28N2O2. The van der Waals surface area contributed by atoms with Crippen molar-refractivity contribution in [3.05, 3.63) is 35.4 Å². The van der Waals surface area contributed by atoms with Crippen molar-refractivity contribution in [1.29, 1.82) is 5.26 Å². The van der Waals surface area contributed by atoms with Gasteiger partial charge in [-0.1, -0.05) is 31.4 Å². The third-order valence-corrected chi connectivity index (χ3v) is 6.14. The average molecular weight is 340 g/mol. The second-order valence-corrected chi connectivity index (χ2v) is 7.44. The topological polar surface area (TPSA) is 53.3 Å². The lowest BCUT2D eigenvalue weighted by Gasteiger charge is -2.60. The van der Waals surface area contributed by atoms with Crippen LogP contribution < -0.4 is 0 Å². The van der Waals surface area contributed by atoms with Crippen molar-refractivity contribution < 1.29 is 9.53 Å². The number of carbonyl (C=O) groups excluding carboxylic acids is 1. The van der Waals surface area contributed by atoms with Crippen LogP contribution in [0.3, 0.4) is 0 Å². The molecular weight excluding hydrogens is 312 g/mol. The Balaban J connectivity index is 1.77. The van der Waals surface area contributed by atoms with Gasteiger partial charge in [0, 0.05) is 30.7 Å². The van der Waals surface area contributed by atoms with Gasteiger partial charge in [0.1, 0.15) is 0 Å². The number of carbonyl (C=O) groups is 1. The molecule has 1 amide bonds. The number of nitrogens with zero attached hydrogens (tertiary/aromatic N) is 2. The molecule has 2 atom stereocenters. The number of ether oxygens (including phenoxy) is 1. The first-order chi connectivity index (χ1) is 12.1. The van der Waals surface area contributed by atoms with Crippen LogP contribution in [0.15, 0.2) is 24.3 Å². The molecule has 1 spiro atoms. The fourth-order valence-electron chi connectivity index (χ4n) is 4.82. The molecule has 0 heterocycles. The molecule has 134 valence electrons. The number of benzene rings is 1. The zero-order valence-corrected chi connectivity index (χ0v) is 15.3. The van der Waals surface area contributed by atoms with Gasteiger partial charge in [-0.15, -0.1) is 0 Å². The van der Waals surface area contributed by atoms with Crippen LogP contribution in [0, 0.1) is 16.7 Å². The lowest BCUT2D eigenvalue weighted by atomic mass is 9.54. The normalized spacial score (nSPS) is 24.4. The third-order valence-electron chi connectivity index (χ3n) is 6.14. The van der Waals surface area contributed by atoms with Crippen molar-refractivity contribution in [2.75, 3.05) is 13.7 Å². The summed E-state index contributed by atoms with van der Waals surface area (Å²) in [5.41, 5.74) is 1.72. The zero-order valence-electron chi connectivity index (χ0n) is 15.3. The third kappa shape index (κ3) is 3.30. The maximum Gasteiger partial charge on any atom is 0.253 e. The standard InChI is InChI=1S/C21H28N2O2/c1-3-25-19-15-18(21(19)11-5-4-6-12-21)23(2)20(24)17-9-7-8-16(14-17)10-13-22/h7-9,14,18-19H,3-6,10-12,15H2,1-2H3/t18-,19+/m1/s1. The number of hydrogen-bond donors (Lipinski definition) is 0. The lowest BCUT2D eigenvalue weighted by molar-refractivity contribution is -0.170. The predicted octanol–water partition coefficient (Wildman–Crippen LogP) is 3.95. The first-order valence-corrected chi connectivity index (χ1v) is 9.47. The molecule has 0 aromatic heterocycles. The molecule has 0 N–H and O–H groups in total. The Morgan fingerprint density at radius 2 is 2.12 bits per heavy atom. The maximum atomic E-state index is 13.0. The largest absolute Gasteiger partial charge is 0.378 e. The van der Waals surface area contributed by atoms with E-state index < -0.39 is 0 Å². The summed E-state index contributed by atoms with van der Waals surface area (Å²) in [6.45, 7) is 2.80. The Morgan fingerprint density at radius 3 is 2.80 bits per heavy atom. The van der Waals surface area contributed by atoms with E-state index >= 15 is 0 Å². The summed E-state index contributed by atoms with van der Waals surface area (Å²) in [5.74, 6) is 0.0599. The highest BCUT2D eigenvalue weighted by Crippen LogP contribution is 2.55. The van der Waals surface area contributed by atoms with E-state index in [1.165, 1.54) is 19.3 Å². The van der Waals surface area contributed by atoms with Gasteiger partial charge in [-0.25, -0.2) is 0 Å². The minimum Gasteiger partial charge on any atom is -0.378 e. The SMILES string of the molecule is CCO[C@H]1C[C@@H](N(C)C(=O)c2cccc(CC#N)c2)C12CCCCC2. The van der Waals surface area contributed by atoms with Crippen molar-refractivity contribution in [2.24, 2.45) is 5.41 Å². The summed E-state index contributed by atoms with van der Waals surface area (Å²) in [5, 5.41) is 8.88. The van der Waals surface area contributed by atoms with E-state index in [0.29, 0.717) is 18.1 Å². The minimum absolute atomic E-state index is 0.0599. The fraction of sp³-hybridized carbons (Fsp3) is 0.619. The van der Waals surface area contributed by atoms with Crippen molar-refractivity contribution >= 4 is 5.91 Å². The molecule has 0 unspecified atom stereocenters. The molecule has 0 bridgehead atoms. The van der Waals surface area contributed by atoms with Crippen molar-refractivity contribution in [1.82, 2.24) is 4.90 Å². The summed E-state index contributed by atoms with van der Waals surface area (Å²) in [6.07, 6.45) is 7.66. The van der Waals surface area contributed by atoms with Crippen LogP contribution in [-0.2, 0) is 11.2 Å². The lowest BCUT2D eigenvalue weighted by Crippen LogP contribution is -2.65. The fourth-order valence-corrected chi connectivity index (χ4v) is 4.82. The Hall–Kier alpha value is -1.86. The number of amides is 1. The highest BCUT2D eigenvalue weighted by Gasteiger charge is 2.57. The van der Waals surface area contributed by atoms with Crippen LogP contribution in [0.1, 0.15) is 61.4 Å². The second kappa shape index (κ2) is 7.58. The summed E-state index contributed by atoms with van der Waals surface area (Å²) < 4.78 is 6.01. The van der Waals surface area contributed by atoms with E-state index in [-0.39, 0.29) is 17.4 Å². The predicted molar refractivity (Wildman–Crippen MR) is 97.2 cm³/mol. The molecule has 1 aromatic rings. The van der Waals surface area contributed by atoms with Gasteiger partial charge in [-0.3, -0.25) is 4.79 Å². The quantitative estimate of drug-likeness (QED) is 0.815. The number of nitriles is 1. The summed E-state index contributed by atoms with van der Waals surface area (Å²) in [4.78, 5) is 15.0. The van der Waals surface area contributed by atoms with Crippen LogP contribution in [0.4, 0.5) is 0 Å². The van der Waals surface area contributed by atoms with Gasteiger partial charge in [-0.05, 0) is 43.9 Å². The van der Waals surface area contributed by atoms with Gasteiger partial charge in [0.05, 0.1) is 18.6 Å². The molecule has 4 nitrogen and oxygen atoms in total. The zero-order chi connectivity index (χ0) is 17.9. The van der Waals surface area contributed by atoms with E-state index in [0.717, 1.165) is 31.4 Å². The molecule has 25 heavy (non-hydrogen) atoms. The highest BCUT2D eigenvalue weighted by atomic mass is 16.5. The monoisotopic (exact) mass is 340 g/mol. The van der Waals surface area contributed by atoms with Crippen LogP contribution in [0.25, 0.3) is 0 Å². The van der Waals surface area contributed by atoms with Gasteiger partial charge in [0.25, 0.3) is 5.91 Å². The Bertz CT molecular complexity index is 658. The van der Waals surface area contributed by atoms with Gasteiger partial charge in [0.15, 0.2) is 0 Å². The van der Waals surface area contributed by atoms with E-state index in [1.807, 2.05) is 36.2 Å². The number of hydrogen-bond acceptors (Lipinski definition) is 3. The van der Waals surface area contributed by atoms with Gasteiger partial charge < -0.3 is 9.64 Å². The van der Waals surface area contributed by atoms with Gasteiger partial charge >= 0.3 is 0 Å². The second-order valence-electron chi connectivity index (χ2n) is 7.44. The van der Waals surface area contributed by atoms with E-state index in [9.17, 15) is 4.79 Å². The summed E-state index contributed by atoms with van der Waals surface area (Å²) in [6, 6.07) is 9.89. The molecule has 0 radical (unpaired) electrons. The van der Waals surface area contributed by atoms with Crippen LogP contribution in [0.5, 0.6) is 0 Å². The smallest absolute Gasteiger partial charge is 0.253 e. The molecule has 2 fully saturated rings. The number of rotatable bonds is 5. The Morgan fingerprint density at radius 1 is 1.36 bits per heavy atom. The van der Waals surface area contributed by atoms with Crippen molar-refractivity contribution in [3.8, 4) is 6.07 Å². The van der Waals surface area contributed by atoms with Crippen LogP contribution in [0.2, 0.25) is 0 Å². The first kappa shape index (κ1) is 17.9. The molecule has 2 aliphatic rings. The maximum absolute atomic E-state index is 13.0. The molecule has 3 rings (SSSR count). The molecule has 2 aliphatic carbocycles. The van der Waals surface area contributed by atoms with E-state index in [4.69, 9.17) is 10.00 Å². The summed E-state index contributed by atoms with van der Waals surface area (Å²) >= 11 is 0. The molecule has 4 heteroatoms. The average Bonchev–Trinajstić information content (AvgIpc) is 2.65. The van der Waals surface area contributed by atoms with Gasteiger partial charge in [-0.2, -0.15) is 5.26 Å². The van der Waals surface area contributed by atoms with E-state index in [1.54, 1.807) is 0 Å². The molecule has 0 aliphatic heterocycles. The summed E-state index contributed by atoms with van der Waals surface area (Å²) in [7, 11) is 1.93. The Labute approximate surface area is 150 Å². The van der Waals surface area contributed by atoms with Crippen LogP contribution >= 0.6 is 0 Å². The molecule has 0 saturated heterocycles. The Kier molecular flexibility index (Phi) is 5.44. The van der Waals surface area contributed by atoms with Crippen LogP contribution in [-0.4, -0.2) is 36.6 Å². The van der Waals surface area contributed by atoms with Crippen molar-refractivity contribution in [2.45, 2.75) is 64.0 Å². The van der Waals surface area contributed by atoms with E-state index in [2.05, 4.69) is 13.0 Å².